The smallest absolute Gasteiger partial charge is 0.213 e. The highest BCUT2D eigenvalue weighted by Crippen LogP contribution is 2.27. The van der Waals surface area contributed by atoms with Crippen LogP contribution in [-0.2, 0) is 6.61 Å². The number of aromatic nitrogens is 1. The molecule has 1 aromatic rings. The molecule has 2 unspecified atom stereocenters. The molecule has 1 aliphatic rings. The first-order valence-corrected chi connectivity index (χ1v) is 6.02. The molecule has 1 aliphatic carbocycles. The number of rotatable bonds is 3. The fourth-order valence-corrected chi connectivity index (χ4v) is 2.19. The van der Waals surface area contributed by atoms with E-state index in [1.165, 1.54) is 19.3 Å². The maximum atomic E-state index is 8.91. The van der Waals surface area contributed by atoms with E-state index in [1.54, 1.807) is 6.20 Å². The van der Waals surface area contributed by atoms with E-state index in [4.69, 9.17) is 9.84 Å². The molecule has 1 aromatic heterocycles. The fourth-order valence-electron chi connectivity index (χ4n) is 2.19. The number of nitrogens with zero attached hydrogens (tertiary/aromatic N) is 1. The van der Waals surface area contributed by atoms with Crippen molar-refractivity contribution in [2.75, 3.05) is 0 Å². The first kappa shape index (κ1) is 11.4. The van der Waals surface area contributed by atoms with Crippen molar-refractivity contribution in [3.05, 3.63) is 23.9 Å². The fraction of sp³-hybridized carbons (Fsp3) is 0.615. The first-order valence-electron chi connectivity index (χ1n) is 6.02. The van der Waals surface area contributed by atoms with E-state index in [2.05, 4.69) is 11.9 Å². The Morgan fingerprint density at radius 2 is 2.19 bits per heavy atom. The van der Waals surface area contributed by atoms with Gasteiger partial charge in [-0.25, -0.2) is 4.98 Å². The molecule has 1 saturated carbocycles. The van der Waals surface area contributed by atoms with Gasteiger partial charge in [-0.2, -0.15) is 0 Å². The minimum atomic E-state index is 0.0348. The lowest BCUT2D eigenvalue weighted by Crippen LogP contribution is -2.28. The van der Waals surface area contributed by atoms with E-state index in [9.17, 15) is 0 Å². The monoisotopic (exact) mass is 221 g/mol. The van der Waals surface area contributed by atoms with Crippen LogP contribution in [0.15, 0.2) is 18.3 Å². The van der Waals surface area contributed by atoms with Gasteiger partial charge in [-0.15, -0.1) is 0 Å². The lowest BCUT2D eigenvalue weighted by molar-refractivity contribution is 0.0975. The Hall–Kier alpha value is -1.09. The molecule has 16 heavy (non-hydrogen) atoms. The van der Waals surface area contributed by atoms with Crippen LogP contribution in [-0.4, -0.2) is 16.2 Å². The van der Waals surface area contributed by atoms with Crippen molar-refractivity contribution in [2.45, 2.75) is 45.3 Å². The summed E-state index contributed by atoms with van der Waals surface area (Å²) in [5.41, 5.74) is 0.823. The molecule has 0 radical (unpaired) electrons. The van der Waals surface area contributed by atoms with Gasteiger partial charge in [0.1, 0.15) is 6.10 Å². The second kappa shape index (κ2) is 5.30. The second-order valence-corrected chi connectivity index (χ2v) is 4.58. The van der Waals surface area contributed by atoms with Gasteiger partial charge >= 0.3 is 0 Å². The number of aliphatic hydroxyl groups is 1. The van der Waals surface area contributed by atoms with Crippen LogP contribution in [0.4, 0.5) is 0 Å². The van der Waals surface area contributed by atoms with E-state index in [0.717, 1.165) is 12.0 Å². The zero-order valence-corrected chi connectivity index (χ0v) is 9.72. The third-order valence-electron chi connectivity index (χ3n) is 3.29. The van der Waals surface area contributed by atoms with Gasteiger partial charge in [-0.3, -0.25) is 0 Å². The molecule has 0 saturated heterocycles. The number of aliphatic hydroxyl groups excluding tert-OH is 1. The highest BCUT2D eigenvalue weighted by atomic mass is 16.5. The first-order chi connectivity index (χ1) is 7.79. The summed E-state index contributed by atoms with van der Waals surface area (Å²) >= 11 is 0. The van der Waals surface area contributed by atoms with Gasteiger partial charge in [0, 0.05) is 12.3 Å². The van der Waals surface area contributed by atoms with Crippen molar-refractivity contribution in [2.24, 2.45) is 5.92 Å². The predicted molar refractivity (Wildman–Crippen MR) is 62.2 cm³/mol. The van der Waals surface area contributed by atoms with E-state index >= 15 is 0 Å². The number of hydrogen-bond acceptors (Lipinski definition) is 3. The maximum absolute atomic E-state index is 8.91. The number of hydrogen-bond donors (Lipinski definition) is 1. The third-order valence-corrected chi connectivity index (χ3v) is 3.29. The standard InChI is InChI=1S/C13H19NO2/c1-10-4-2-3-5-12(10)16-13-7-6-11(9-15)8-14-13/h6-8,10,12,15H,2-5,9H2,1H3. The maximum Gasteiger partial charge on any atom is 0.213 e. The summed E-state index contributed by atoms with van der Waals surface area (Å²) in [7, 11) is 0. The van der Waals surface area contributed by atoms with Gasteiger partial charge in [0.15, 0.2) is 0 Å². The lowest BCUT2D eigenvalue weighted by atomic mass is 9.88. The summed E-state index contributed by atoms with van der Waals surface area (Å²) in [5.74, 6) is 1.30. The molecule has 1 heterocycles. The summed E-state index contributed by atoms with van der Waals surface area (Å²) in [4.78, 5) is 4.20. The summed E-state index contributed by atoms with van der Waals surface area (Å²) in [6.45, 7) is 2.28. The van der Waals surface area contributed by atoms with Crippen molar-refractivity contribution in [3.63, 3.8) is 0 Å². The molecule has 1 fully saturated rings. The average Bonchev–Trinajstić information content (AvgIpc) is 2.33. The molecule has 0 aliphatic heterocycles. The minimum Gasteiger partial charge on any atom is -0.474 e. The van der Waals surface area contributed by atoms with Crippen molar-refractivity contribution >= 4 is 0 Å². The Morgan fingerprint density at radius 3 is 2.81 bits per heavy atom. The van der Waals surface area contributed by atoms with Crippen LogP contribution in [0.5, 0.6) is 5.88 Å². The van der Waals surface area contributed by atoms with Crippen LogP contribution in [0.3, 0.4) is 0 Å². The summed E-state index contributed by atoms with van der Waals surface area (Å²) in [6, 6.07) is 3.70. The number of ether oxygens (including phenoxy) is 1. The van der Waals surface area contributed by atoms with Gasteiger partial charge in [0.2, 0.25) is 5.88 Å². The largest absolute Gasteiger partial charge is 0.474 e. The average molecular weight is 221 g/mol. The quantitative estimate of drug-likeness (QED) is 0.852. The molecule has 2 atom stereocenters. The van der Waals surface area contributed by atoms with E-state index in [1.807, 2.05) is 12.1 Å². The van der Waals surface area contributed by atoms with Crippen LogP contribution in [0.1, 0.15) is 38.2 Å². The number of pyridine rings is 1. The highest BCUT2D eigenvalue weighted by molar-refractivity contribution is 5.17. The Kier molecular flexibility index (Phi) is 3.78. The molecule has 0 amide bonds. The van der Waals surface area contributed by atoms with Crippen molar-refractivity contribution in [3.8, 4) is 5.88 Å². The van der Waals surface area contributed by atoms with Crippen molar-refractivity contribution < 1.29 is 9.84 Å². The van der Waals surface area contributed by atoms with Gasteiger partial charge in [-0.1, -0.05) is 13.3 Å². The molecule has 1 N–H and O–H groups in total. The van der Waals surface area contributed by atoms with Gasteiger partial charge in [-0.05, 0) is 36.8 Å². The highest BCUT2D eigenvalue weighted by Gasteiger charge is 2.23. The van der Waals surface area contributed by atoms with Crippen LogP contribution in [0, 0.1) is 5.92 Å². The predicted octanol–water partition coefficient (Wildman–Crippen LogP) is 2.53. The van der Waals surface area contributed by atoms with Gasteiger partial charge in [0.25, 0.3) is 0 Å². The van der Waals surface area contributed by atoms with Crippen molar-refractivity contribution in [1.82, 2.24) is 4.98 Å². The van der Waals surface area contributed by atoms with Gasteiger partial charge in [0.05, 0.1) is 6.61 Å². The molecule has 0 bridgehead atoms. The van der Waals surface area contributed by atoms with Crippen LogP contribution in [0.2, 0.25) is 0 Å². The topological polar surface area (TPSA) is 42.4 Å². The summed E-state index contributed by atoms with van der Waals surface area (Å²) in [6.07, 6.45) is 6.93. The summed E-state index contributed by atoms with van der Waals surface area (Å²) in [5, 5.41) is 8.91. The Balaban J connectivity index is 1.96. The molecule has 2 rings (SSSR count). The van der Waals surface area contributed by atoms with Crippen molar-refractivity contribution in [1.29, 1.82) is 0 Å². The Labute approximate surface area is 96.5 Å². The molecule has 88 valence electrons. The lowest BCUT2D eigenvalue weighted by Gasteiger charge is -2.28. The van der Waals surface area contributed by atoms with Gasteiger partial charge < -0.3 is 9.84 Å². The zero-order valence-electron chi connectivity index (χ0n) is 9.72. The summed E-state index contributed by atoms with van der Waals surface area (Å²) < 4.78 is 5.87. The van der Waals surface area contributed by atoms with Crippen LogP contribution >= 0.6 is 0 Å². The normalized spacial score (nSPS) is 25.4. The molecular formula is C13H19NO2. The van der Waals surface area contributed by atoms with Crippen LogP contribution in [0.25, 0.3) is 0 Å². The minimum absolute atomic E-state index is 0.0348. The second-order valence-electron chi connectivity index (χ2n) is 4.58. The van der Waals surface area contributed by atoms with Crippen LogP contribution < -0.4 is 4.74 Å². The SMILES string of the molecule is CC1CCCCC1Oc1ccc(CO)cn1. The third kappa shape index (κ3) is 2.73. The zero-order chi connectivity index (χ0) is 11.4. The van der Waals surface area contributed by atoms with E-state index < -0.39 is 0 Å². The molecule has 3 heteroatoms. The Morgan fingerprint density at radius 1 is 1.38 bits per heavy atom. The molecule has 0 spiro atoms. The molecule has 0 aromatic carbocycles. The van der Waals surface area contributed by atoms with E-state index in [-0.39, 0.29) is 6.61 Å². The molecule has 3 nitrogen and oxygen atoms in total. The molecular weight excluding hydrogens is 202 g/mol. The van der Waals surface area contributed by atoms with E-state index in [0.29, 0.717) is 17.9 Å². The Bertz CT molecular complexity index is 323.